The van der Waals surface area contributed by atoms with E-state index in [0.29, 0.717) is 5.69 Å². The van der Waals surface area contributed by atoms with E-state index in [4.69, 9.17) is 0 Å². The van der Waals surface area contributed by atoms with E-state index in [2.05, 4.69) is 4.90 Å². The zero-order valence-corrected chi connectivity index (χ0v) is 14.0. The van der Waals surface area contributed by atoms with E-state index in [1.165, 1.54) is 12.1 Å². The molecule has 2 rings (SSSR count). The molecule has 118 valence electrons. The summed E-state index contributed by atoms with van der Waals surface area (Å²) < 4.78 is 47.3. The Labute approximate surface area is 126 Å². The van der Waals surface area contributed by atoms with Gasteiger partial charge in [0.05, 0.1) is 15.5 Å². The molecule has 1 saturated heterocycles. The molecule has 0 aliphatic carbocycles. The monoisotopic (exact) mass is 332 g/mol. The van der Waals surface area contributed by atoms with Gasteiger partial charge in [-0.3, -0.25) is 0 Å². The van der Waals surface area contributed by atoms with Gasteiger partial charge in [-0.05, 0) is 25.2 Å². The normalized spacial score (nSPS) is 18.0. The molecular weight excluding hydrogens is 312 g/mol. The fourth-order valence-corrected chi connectivity index (χ4v) is 3.97. The first-order valence-corrected chi connectivity index (χ1v) is 10.3. The van der Waals surface area contributed by atoms with Gasteiger partial charge in [0.15, 0.2) is 19.7 Å². The molecule has 0 unspecified atom stereocenters. The molecule has 0 atom stereocenters. The van der Waals surface area contributed by atoms with E-state index in [-0.39, 0.29) is 9.79 Å². The molecular formula is C13H20N2O4S2. The second kappa shape index (κ2) is 5.58. The summed E-state index contributed by atoms with van der Waals surface area (Å²) in [7, 11) is -4.92. The lowest BCUT2D eigenvalue weighted by atomic mass is 10.2. The number of piperazine rings is 1. The minimum absolute atomic E-state index is 0.0285. The van der Waals surface area contributed by atoms with Crippen LogP contribution in [0.3, 0.4) is 0 Å². The Morgan fingerprint density at radius 3 is 1.95 bits per heavy atom. The van der Waals surface area contributed by atoms with Gasteiger partial charge in [0.25, 0.3) is 0 Å². The van der Waals surface area contributed by atoms with Crippen LogP contribution in [0.1, 0.15) is 0 Å². The summed E-state index contributed by atoms with van der Waals surface area (Å²) in [5.74, 6) is 0. The quantitative estimate of drug-likeness (QED) is 0.790. The molecule has 0 spiro atoms. The van der Waals surface area contributed by atoms with Gasteiger partial charge < -0.3 is 9.80 Å². The highest BCUT2D eigenvalue weighted by molar-refractivity contribution is 7.91. The maximum atomic E-state index is 12.0. The highest BCUT2D eigenvalue weighted by Crippen LogP contribution is 2.29. The zero-order valence-electron chi connectivity index (χ0n) is 12.4. The fraction of sp³-hybridized carbons (Fsp3) is 0.538. The first-order chi connectivity index (χ1) is 9.59. The molecule has 6 nitrogen and oxygen atoms in total. The number of benzene rings is 1. The molecule has 1 aliphatic heterocycles. The molecule has 1 aromatic rings. The highest BCUT2D eigenvalue weighted by Gasteiger charge is 2.23. The van der Waals surface area contributed by atoms with E-state index in [9.17, 15) is 16.8 Å². The van der Waals surface area contributed by atoms with E-state index in [0.717, 1.165) is 38.7 Å². The van der Waals surface area contributed by atoms with E-state index in [1.807, 2.05) is 11.9 Å². The van der Waals surface area contributed by atoms with Gasteiger partial charge in [0.2, 0.25) is 0 Å². The van der Waals surface area contributed by atoms with Crippen molar-refractivity contribution in [3.8, 4) is 0 Å². The highest BCUT2D eigenvalue weighted by atomic mass is 32.2. The van der Waals surface area contributed by atoms with Crippen LogP contribution < -0.4 is 4.90 Å². The van der Waals surface area contributed by atoms with Crippen LogP contribution in [0.5, 0.6) is 0 Å². The fourth-order valence-electron chi connectivity index (χ4n) is 2.33. The van der Waals surface area contributed by atoms with Gasteiger partial charge in [-0.15, -0.1) is 0 Å². The van der Waals surface area contributed by atoms with Crippen LogP contribution in [0.25, 0.3) is 0 Å². The van der Waals surface area contributed by atoms with Crippen molar-refractivity contribution >= 4 is 25.4 Å². The number of nitrogens with zero attached hydrogens (tertiary/aromatic N) is 2. The van der Waals surface area contributed by atoms with Crippen LogP contribution in [-0.4, -0.2) is 67.5 Å². The maximum absolute atomic E-state index is 12.0. The molecule has 21 heavy (non-hydrogen) atoms. The van der Waals surface area contributed by atoms with Gasteiger partial charge in [-0.1, -0.05) is 0 Å². The molecule has 0 bridgehead atoms. The molecule has 0 N–H and O–H groups in total. The second-order valence-electron chi connectivity index (χ2n) is 5.46. The third-order valence-electron chi connectivity index (χ3n) is 3.60. The van der Waals surface area contributed by atoms with E-state index >= 15 is 0 Å². The summed E-state index contributed by atoms with van der Waals surface area (Å²) in [5.41, 5.74) is 0.581. The van der Waals surface area contributed by atoms with E-state index < -0.39 is 19.7 Å². The lowest BCUT2D eigenvalue weighted by Gasteiger charge is -2.35. The molecule has 1 aromatic carbocycles. The molecule has 1 aliphatic rings. The Hall–Kier alpha value is -1.12. The number of sulfone groups is 2. The lowest BCUT2D eigenvalue weighted by molar-refractivity contribution is 0.312. The van der Waals surface area contributed by atoms with Crippen molar-refractivity contribution in [1.82, 2.24) is 4.90 Å². The lowest BCUT2D eigenvalue weighted by Crippen LogP contribution is -2.44. The topological polar surface area (TPSA) is 74.8 Å². The average molecular weight is 332 g/mol. The van der Waals surface area contributed by atoms with E-state index in [1.54, 1.807) is 6.07 Å². The summed E-state index contributed by atoms with van der Waals surface area (Å²) in [6.45, 7) is 3.13. The smallest absolute Gasteiger partial charge is 0.177 e. The minimum Gasteiger partial charge on any atom is -0.368 e. The van der Waals surface area contributed by atoms with Crippen molar-refractivity contribution < 1.29 is 16.8 Å². The van der Waals surface area contributed by atoms with Crippen molar-refractivity contribution in [2.75, 3.05) is 50.6 Å². The predicted molar refractivity (Wildman–Crippen MR) is 82.4 cm³/mol. The average Bonchev–Trinajstić information content (AvgIpc) is 2.37. The van der Waals surface area contributed by atoms with Gasteiger partial charge in [-0.25, -0.2) is 16.8 Å². The number of likely N-dealkylation sites (N-methyl/N-ethyl adjacent to an activating group) is 1. The van der Waals surface area contributed by atoms with Crippen molar-refractivity contribution in [2.24, 2.45) is 0 Å². The molecule has 0 radical (unpaired) electrons. The largest absolute Gasteiger partial charge is 0.368 e. The summed E-state index contributed by atoms with van der Waals surface area (Å²) >= 11 is 0. The Morgan fingerprint density at radius 1 is 0.905 bits per heavy atom. The standard InChI is InChI=1S/C13H20N2O4S2/c1-14-6-8-15(9-7-14)12-5-4-11(20(2,16)17)10-13(12)21(3,18)19/h4-5,10H,6-9H2,1-3H3. The number of rotatable bonds is 3. The maximum Gasteiger partial charge on any atom is 0.177 e. The van der Waals surface area contributed by atoms with Crippen molar-refractivity contribution in [3.05, 3.63) is 18.2 Å². The van der Waals surface area contributed by atoms with Gasteiger partial charge in [-0.2, -0.15) is 0 Å². The van der Waals surface area contributed by atoms with Crippen molar-refractivity contribution in [3.63, 3.8) is 0 Å². The van der Waals surface area contributed by atoms with Gasteiger partial charge in [0, 0.05) is 38.7 Å². The van der Waals surface area contributed by atoms with Crippen molar-refractivity contribution in [1.29, 1.82) is 0 Å². The van der Waals surface area contributed by atoms with Crippen molar-refractivity contribution in [2.45, 2.75) is 9.79 Å². The van der Waals surface area contributed by atoms with Crippen LogP contribution in [0, 0.1) is 0 Å². The first-order valence-electron chi connectivity index (χ1n) is 6.57. The van der Waals surface area contributed by atoms with Crippen LogP contribution >= 0.6 is 0 Å². The zero-order chi connectivity index (χ0) is 15.8. The molecule has 0 amide bonds. The predicted octanol–water partition coefficient (Wildman–Crippen LogP) is 0.245. The molecule has 1 heterocycles. The first kappa shape index (κ1) is 16.3. The summed E-state index contributed by atoms with van der Waals surface area (Å²) in [4.78, 5) is 4.26. The third-order valence-corrected chi connectivity index (χ3v) is 5.84. The molecule has 1 fully saturated rings. The van der Waals surface area contributed by atoms with Gasteiger partial charge in [0.1, 0.15) is 0 Å². The number of anilines is 1. The Kier molecular flexibility index (Phi) is 4.32. The van der Waals surface area contributed by atoms with Crippen LogP contribution in [0.2, 0.25) is 0 Å². The Balaban J connectivity index is 2.51. The molecule has 8 heteroatoms. The van der Waals surface area contributed by atoms with Crippen LogP contribution in [-0.2, 0) is 19.7 Å². The summed E-state index contributed by atoms with van der Waals surface area (Å²) in [6, 6.07) is 4.33. The number of hydrogen-bond donors (Lipinski definition) is 0. The minimum atomic E-state index is -3.50. The van der Waals surface area contributed by atoms with Crippen LogP contribution in [0.15, 0.2) is 28.0 Å². The molecule has 0 aromatic heterocycles. The number of hydrogen-bond acceptors (Lipinski definition) is 6. The SMILES string of the molecule is CN1CCN(c2ccc(S(C)(=O)=O)cc2S(C)(=O)=O)CC1. The molecule has 0 saturated carbocycles. The summed E-state index contributed by atoms with van der Waals surface area (Å²) in [6.07, 6.45) is 2.18. The summed E-state index contributed by atoms with van der Waals surface area (Å²) in [5, 5.41) is 0. The van der Waals surface area contributed by atoms with Gasteiger partial charge >= 0.3 is 0 Å². The van der Waals surface area contributed by atoms with Crippen LogP contribution in [0.4, 0.5) is 5.69 Å². The second-order valence-corrected chi connectivity index (χ2v) is 9.46. The third kappa shape index (κ3) is 3.75. The Bertz CT molecular complexity index is 733. The Morgan fingerprint density at radius 2 is 1.48 bits per heavy atom.